The van der Waals surface area contributed by atoms with Crippen molar-refractivity contribution in [3.8, 4) is 6.07 Å². The summed E-state index contributed by atoms with van der Waals surface area (Å²) in [5.41, 5.74) is 0.588. The summed E-state index contributed by atoms with van der Waals surface area (Å²) in [4.78, 5) is 0. The van der Waals surface area contributed by atoms with Crippen LogP contribution in [0, 0.1) is 11.3 Å². The standard InChI is InChI=1S/C8H7NO/c1-8-4-2-3-6(5-9)7(8)10-8/h2-4,7H,1H3. The number of fused-ring (bicyclic) bond motifs is 1. The van der Waals surface area contributed by atoms with Crippen molar-refractivity contribution in [2.75, 3.05) is 0 Å². The second-order valence-electron chi connectivity index (χ2n) is 2.77. The van der Waals surface area contributed by atoms with E-state index in [4.69, 9.17) is 10.00 Å². The van der Waals surface area contributed by atoms with E-state index in [0.29, 0.717) is 0 Å². The largest absolute Gasteiger partial charge is 0.356 e. The van der Waals surface area contributed by atoms with Crippen LogP contribution in [0.3, 0.4) is 0 Å². The van der Waals surface area contributed by atoms with Crippen molar-refractivity contribution >= 4 is 0 Å². The third-order valence-corrected chi connectivity index (χ3v) is 1.95. The molecule has 2 rings (SSSR count). The molecule has 0 spiro atoms. The molecule has 10 heavy (non-hydrogen) atoms. The van der Waals surface area contributed by atoms with Crippen LogP contribution in [0.2, 0.25) is 0 Å². The van der Waals surface area contributed by atoms with E-state index in [0.717, 1.165) is 5.57 Å². The lowest BCUT2D eigenvalue weighted by Crippen LogP contribution is -2.09. The van der Waals surface area contributed by atoms with Crippen LogP contribution in [0.5, 0.6) is 0 Å². The summed E-state index contributed by atoms with van der Waals surface area (Å²) in [6.45, 7) is 1.98. The van der Waals surface area contributed by atoms with Crippen LogP contribution >= 0.6 is 0 Å². The molecule has 0 bridgehead atoms. The van der Waals surface area contributed by atoms with Crippen molar-refractivity contribution in [2.24, 2.45) is 0 Å². The second kappa shape index (κ2) is 1.50. The average molecular weight is 133 g/mol. The fourth-order valence-corrected chi connectivity index (χ4v) is 1.24. The SMILES string of the molecule is CC12C=CC=C(C#N)C1O2. The van der Waals surface area contributed by atoms with Crippen LogP contribution in [0.1, 0.15) is 6.92 Å². The number of nitriles is 1. The molecule has 0 aromatic heterocycles. The summed E-state index contributed by atoms with van der Waals surface area (Å²) in [6.07, 6.45) is 5.71. The molecule has 1 fully saturated rings. The van der Waals surface area contributed by atoms with Gasteiger partial charge in [0, 0.05) is 0 Å². The Kier molecular flexibility index (Phi) is 0.855. The van der Waals surface area contributed by atoms with Gasteiger partial charge in [-0.2, -0.15) is 5.26 Å². The third-order valence-electron chi connectivity index (χ3n) is 1.95. The Bertz CT molecular complexity index is 271. The number of ether oxygens (including phenoxy) is 1. The van der Waals surface area contributed by atoms with Crippen molar-refractivity contribution in [3.05, 3.63) is 23.8 Å². The number of rotatable bonds is 0. The highest BCUT2D eigenvalue weighted by atomic mass is 16.6. The van der Waals surface area contributed by atoms with Gasteiger partial charge in [0.05, 0.1) is 11.6 Å². The summed E-state index contributed by atoms with van der Waals surface area (Å²) in [5, 5.41) is 8.57. The van der Waals surface area contributed by atoms with E-state index in [-0.39, 0.29) is 11.7 Å². The van der Waals surface area contributed by atoms with Gasteiger partial charge in [-0.3, -0.25) is 0 Å². The number of hydrogen-bond acceptors (Lipinski definition) is 2. The van der Waals surface area contributed by atoms with Gasteiger partial charge in [0.25, 0.3) is 0 Å². The van der Waals surface area contributed by atoms with E-state index < -0.39 is 0 Å². The lowest BCUT2D eigenvalue weighted by Gasteiger charge is -2.00. The van der Waals surface area contributed by atoms with Gasteiger partial charge in [-0.25, -0.2) is 0 Å². The number of epoxide rings is 1. The minimum absolute atomic E-state index is 0.0440. The molecular weight excluding hydrogens is 126 g/mol. The zero-order valence-electron chi connectivity index (χ0n) is 5.66. The summed E-state index contributed by atoms with van der Waals surface area (Å²) in [5.74, 6) is 0. The molecule has 0 aromatic carbocycles. The van der Waals surface area contributed by atoms with Gasteiger partial charge in [-0.05, 0) is 13.0 Å². The first-order valence-corrected chi connectivity index (χ1v) is 3.23. The van der Waals surface area contributed by atoms with Crippen LogP contribution < -0.4 is 0 Å². The Labute approximate surface area is 59.4 Å². The van der Waals surface area contributed by atoms with Crippen molar-refractivity contribution < 1.29 is 4.74 Å². The molecule has 1 heterocycles. The molecule has 0 aromatic rings. The molecule has 1 aliphatic heterocycles. The van der Waals surface area contributed by atoms with Gasteiger partial charge in [0.2, 0.25) is 0 Å². The summed E-state index contributed by atoms with van der Waals surface area (Å²) >= 11 is 0. The topological polar surface area (TPSA) is 36.3 Å². The molecule has 2 heteroatoms. The Morgan fingerprint density at radius 2 is 2.60 bits per heavy atom. The highest BCUT2D eigenvalue weighted by molar-refractivity contribution is 5.43. The van der Waals surface area contributed by atoms with Crippen LogP contribution in [0.25, 0.3) is 0 Å². The highest BCUT2D eigenvalue weighted by Gasteiger charge is 2.53. The van der Waals surface area contributed by atoms with E-state index in [1.807, 2.05) is 19.1 Å². The molecule has 0 amide bonds. The van der Waals surface area contributed by atoms with Crippen molar-refractivity contribution in [1.82, 2.24) is 0 Å². The van der Waals surface area contributed by atoms with Gasteiger partial charge in [0.15, 0.2) is 0 Å². The van der Waals surface area contributed by atoms with Gasteiger partial charge in [0.1, 0.15) is 11.7 Å². The monoisotopic (exact) mass is 133 g/mol. The second-order valence-corrected chi connectivity index (χ2v) is 2.77. The van der Waals surface area contributed by atoms with E-state index in [2.05, 4.69) is 6.07 Å². The molecule has 0 N–H and O–H groups in total. The fraction of sp³-hybridized carbons (Fsp3) is 0.375. The Morgan fingerprint density at radius 1 is 1.80 bits per heavy atom. The van der Waals surface area contributed by atoms with Gasteiger partial charge in [-0.1, -0.05) is 12.2 Å². The maximum Gasteiger partial charge on any atom is 0.126 e. The van der Waals surface area contributed by atoms with Crippen molar-refractivity contribution in [3.63, 3.8) is 0 Å². The van der Waals surface area contributed by atoms with E-state index >= 15 is 0 Å². The van der Waals surface area contributed by atoms with Gasteiger partial charge < -0.3 is 4.74 Å². The maximum atomic E-state index is 8.57. The zero-order valence-corrected chi connectivity index (χ0v) is 5.66. The number of nitrogens with zero attached hydrogens (tertiary/aromatic N) is 1. The molecule has 2 aliphatic rings. The Morgan fingerprint density at radius 3 is 3.20 bits per heavy atom. The smallest absolute Gasteiger partial charge is 0.126 e. The molecule has 50 valence electrons. The quantitative estimate of drug-likeness (QED) is 0.465. The van der Waals surface area contributed by atoms with Crippen LogP contribution in [0.4, 0.5) is 0 Å². The Balaban J connectivity index is 2.35. The van der Waals surface area contributed by atoms with Gasteiger partial charge in [-0.15, -0.1) is 0 Å². The Hall–Kier alpha value is -1.07. The van der Waals surface area contributed by atoms with E-state index in [1.54, 1.807) is 6.08 Å². The molecule has 2 unspecified atom stereocenters. The molecular formula is C8H7NO. The molecule has 0 saturated carbocycles. The average Bonchev–Trinajstić information content (AvgIpc) is 2.59. The molecule has 2 atom stereocenters. The minimum Gasteiger partial charge on any atom is -0.356 e. The number of hydrogen-bond donors (Lipinski definition) is 0. The van der Waals surface area contributed by atoms with E-state index in [9.17, 15) is 0 Å². The van der Waals surface area contributed by atoms with Gasteiger partial charge >= 0.3 is 0 Å². The summed E-state index contributed by atoms with van der Waals surface area (Å²) in [6, 6.07) is 2.11. The van der Waals surface area contributed by atoms with E-state index in [1.165, 1.54) is 0 Å². The zero-order chi connectivity index (χ0) is 7.19. The highest BCUT2D eigenvalue weighted by Crippen LogP contribution is 2.44. The summed E-state index contributed by atoms with van der Waals surface area (Å²) < 4.78 is 5.29. The predicted octanol–water partition coefficient (Wildman–Crippen LogP) is 1.16. The third kappa shape index (κ3) is 0.556. The summed E-state index contributed by atoms with van der Waals surface area (Å²) in [7, 11) is 0. The first kappa shape index (κ1) is 5.70. The van der Waals surface area contributed by atoms with Crippen LogP contribution in [0.15, 0.2) is 23.8 Å². The molecule has 1 saturated heterocycles. The molecule has 1 aliphatic carbocycles. The van der Waals surface area contributed by atoms with Crippen LogP contribution in [-0.4, -0.2) is 11.7 Å². The molecule has 2 nitrogen and oxygen atoms in total. The lowest BCUT2D eigenvalue weighted by atomic mass is 9.97. The predicted molar refractivity (Wildman–Crippen MR) is 36.1 cm³/mol. The first-order valence-electron chi connectivity index (χ1n) is 3.23. The lowest BCUT2D eigenvalue weighted by molar-refractivity contribution is 0.355. The minimum atomic E-state index is -0.153. The van der Waals surface area contributed by atoms with Crippen molar-refractivity contribution in [2.45, 2.75) is 18.6 Å². The normalized spacial score (nSPS) is 41.6. The fourth-order valence-electron chi connectivity index (χ4n) is 1.24. The molecule has 0 radical (unpaired) electrons. The first-order chi connectivity index (χ1) is 4.76. The number of allylic oxidation sites excluding steroid dienone is 2. The maximum absolute atomic E-state index is 8.57. The van der Waals surface area contributed by atoms with Crippen molar-refractivity contribution in [1.29, 1.82) is 5.26 Å². The van der Waals surface area contributed by atoms with Crippen LogP contribution in [-0.2, 0) is 4.74 Å².